The Kier molecular flexibility index (Phi) is 14.2. The number of nitrogens with zero attached hydrogens (tertiary/aromatic N) is 2. The molecule has 4 rings (SSSR count). The van der Waals surface area contributed by atoms with Gasteiger partial charge in [0, 0.05) is 43.2 Å². The topological polar surface area (TPSA) is 174 Å². The molecule has 4 atom stereocenters. The van der Waals surface area contributed by atoms with Crippen molar-refractivity contribution >= 4 is 45.5 Å². The summed E-state index contributed by atoms with van der Waals surface area (Å²) >= 11 is 0. The predicted octanol–water partition coefficient (Wildman–Crippen LogP) is 5.28. The molecule has 3 amide bonds. The van der Waals surface area contributed by atoms with Gasteiger partial charge in [-0.2, -0.15) is 0 Å². The van der Waals surface area contributed by atoms with Crippen molar-refractivity contribution in [3.05, 3.63) is 46.8 Å². The number of unbranched alkanes of at least 4 members (excludes halogenated alkanes) is 1. The molecule has 2 heterocycles. The molecule has 2 fully saturated rings. The van der Waals surface area contributed by atoms with Gasteiger partial charge in [-0.25, -0.2) is 17.6 Å². The van der Waals surface area contributed by atoms with Crippen molar-refractivity contribution in [3.8, 4) is 0 Å². The van der Waals surface area contributed by atoms with Gasteiger partial charge in [0.05, 0.1) is 30.8 Å². The predicted molar refractivity (Wildman–Crippen MR) is 196 cm³/mol. The number of halogens is 1. The minimum absolute atomic E-state index is 0.0196. The third-order valence-electron chi connectivity index (χ3n) is 9.67. The zero-order chi connectivity index (χ0) is 40.0. The van der Waals surface area contributed by atoms with Gasteiger partial charge in [-0.1, -0.05) is 37.5 Å². The van der Waals surface area contributed by atoms with E-state index in [-0.39, 0.29) is 63.9 Å². The molecule has 0 radical (unpaired) electrons. The van der Waals surface area contributed by atoms with Crippen LogP contribution >= 0.6 is 0 Å². The van der Waals surface area contributed by atoms with E-state index in [4.69, 9.17) is 9.47 Å². The first kappa shape index (κ1) is 42.6. The zero-order valence-electron chi connectivity index (χ0n) is 32.2. The number of likely N-dealkylation sites (tertiary alicyclic amines) is 1. The maximum absolute atomic E-state index is 14.4. The fourth-order valence-corrected chi connectivity index (χ4v) is 8.21. The van der Waals surface area contributed by atoms with Crippen LogP contribution in [0, 0.1) is 17.7 Å². The molecular formula is C39H54FN3O10S. The van der Waals surface area contributed by atoms with Gasteiger partial charge < -0.3 is 14.4 Å². The lowest BCUT2D eigenvalue weighted by Gasteiger charge is -2.29. The first-order chi connectivity index (χ1) is 25.3. The molecule has 2 unspecified atom stereocenters. The van der Waals surface area contributed by atoms with Crippen LogP contribution in [0.25, 0.3) is 0 Å². The molecule has 0 aromatic heterocycles. The Morgan fingerprint density at radius 2 is 1.72 bits per heavy atom. The molecule has 1 saturated heterocycles. The maximum atomic E-state index is 14.4. The van der Waals surface area contributed by atoms with E-state index in [1.54, 1.807) is 46.8 Å². The molecule has 3 aliphatic rings. The smallest absolute Gasteiger partial charge is 0.410 e. The van der Waals surface area contributed by atoms with Crippen LogP contribution in [0.15, 0.2) is 29.8 Å². The van der Waals surface area contributed by atoms with Gasteiger partial charge in [-0.3, -0.25) is 33.6 Å². The van der Waals surface area contributed by atoms with Gasteiger partial charge in [-0.05, 0) is 78.0 Å². The summed E-state index contributed by atoms with van der Waals surface area (Å²) in [5, 5.41) is -0.646. The fourth-order valence-electron chi connectivity index (χ4n) is 6.84. The summed E-state index contributed by atoms with van der Waals surface area (Å²) in [6.45, 7) is 10.3. The molecule has 15 heteroatoms. The average molecular weight is 776 g/mol. The monoisotopic (exact) mass is 775 g/mol. The molecule has 298 valence electrons. The summed E-state index contributed by atoms with van der Waals surface area (Å²) in [5.41, 5.74) is 0.919. The Labute approximate surface area is 317 Å². The highest BCUT2D eigenvalue weighted by Crippen LogP contribution is 2.32. The van der Waals surface area contributed by atoms with Crippen LogP contribution < -0.4 is 4.72 Å². The van der Waals surface area contributed by atoms with Crippen LogP contribution in [0.5, 0.6) is 0 Å². The van der Waals surface area contributed by atoms with Crippen LogP contribution in [0.1, 0.15) is 117 Å². The van der Waals surface area contributed by atoms with E-state index in [0.717, 1.165) is 5.57 Å². The second-order valence-corrected chi connectivity index (χ2v) is 17.9. The minimum atomic E-state index is -3.88. The average Bonchev–Trinajstić information content (AvgIpc) is 3.71. The first-order valence-electron chi connectivity index (χ1n) is 18.8. The number of hydrogen-bond acceptors (Lipinski definition) is 10. The van der Waals surface area contributed by atoms with Gasteiger partial charge in [-0.15, -0.1) is 0 Å². The summed E-state index contributed by atoms with van der Waals surface area (Å²) in [7, 11) is -3.88. The lowest BCUT2D eigenvalue weighted by Crippen LogP contribution is -2.46. The molecule has 1 aromatic carbocycles. The molecule has 0 spiro atoms. The molecule has 13 nitrogen and oxygen atoms in total. The third-order valence-corrected chi connectivity index (χ3v) is 11.5. The number of carbonyl (C=O) groups is 6. The normalized spacial score (nSPS) is 19.4. The molecule has 2 aliphatic heterocycles. The molecule has 0 bridgehead atoms. The third kappa shape index (κ3) is 11.9. The number of sulfonamides is 1. The van der Waals surface area contributed by atoms with E-state index in [0.29, 0.717) is 36.8 Å². The summed E-state index contributed by atoms with van der Waals surface area (Å²) in [4.78, 5) is 83.5. The number of allylic oxidation sites excluding steroid dienone is 2. The lowest BCUT2D eigenvalue weighted by molar-refractivity contribution is -0.159. The van der Waals surface area contributed by atoms with Gasteiger partial charge >= 0.3 is 12.1 Å². The maximum Gasteiger partial charge on any atom is 0.410 e. The Morgan fingerprint density at radius 1 is 1.02 bits per heavy atom. The van der Waals surface area contributed by atoms with E-state index in [1.165, 1.54) is 21.9 Å². The van der Waals surface area contributed by atoms with Gasteiger partial charge in [0.2, 0.25) is 21.8 Å². The Bertz CT molecular complexity index is 1750. The van der Waals surface area contributed by atoms with E-state index in [9.17, 15) is 41.6 Å². The SMILES string of the molecule is CCCCC(CC(=O)[C@@H]1CC(OC(=O)N2Cc3cccc(F)c3C2)CN1C(=O)[C@H](CCC(=O)C=C(C)C)CC(=O)OC(C)(C)C)C(=O)NS(=O)(=O)C1CC1. The largest absolute Gasteiger partial charge is 0.460 e. The Morgan fingerprint density at radius 3 is 2.33 bits per heavy atom. The molecule has 1 saturated carbocycles. The first-order valence-corrected chi connectivity index (χ1v) is 20.3. The van der Waals surface area contributed by atoms with E-state index < -0.39 is 80.3 Å². The number of Topliss-reactive ketones (excluding diaryl/α,β-unsaturated/α-hetero) is 1. The van der Waals surface area contributed by atoms with Crippen molar-refractivity contribution in [2.45, 2.75) is 142 Å². The van der Waals surface area contributed by atoms with Crippen molar-refractivity contribution in [2.75, 3.05) is 6.54 Å². The van der Waals surface area contributed by atoms with Gasteiger partial charge in [0.15, 0.2) is 11.6 Å². The fraction of sp³-hybridized carbons (Fsp3) is 0.641. The van der Waals surface area contributed by atoms with Crippen molar-refractivity contribution in [1.82, 2.24) is 14.5 Å². The number of amides is 3. The highest BCUT2D eigenvalue weighted by Gasteiger charge is 2.45. The molecule has 1 aromatic rings. The Balaban J connectivity index is 1.59. The summed E-state index contributed by atoms with van der Waals surface area (Å²) < 4.78 is 53.1. The second-order valence-electron chi connectivity index (χ2n) is 15.9. The molecule has 54 heavy (non-hydrogen) atoms. The standard InChI is InChI=1S/C39H54FN3O10S/c1-7-8-10-25(36(47)41-54(50,51)30-15-16-30)18-34(45)33-20-29(52-38(49)42-21-27-11-9-12-32(40)31(27)23-42)22-43(33)37(48)26(13-14-28(44)17-24(2)3)19-35(46)53-39(4,5)6/h9,11-12,17,25-26,29-30,33H,7-8,10,13-16,18-23H2,1-6H3,(H,41,47)/t25?,26-,29?,33+/m1/s1. The van der Waals surface area contributed by atoms with E-state index in [2.05, 4.69) is 4.72 Å². The van der Waals surface area contributed by atoms with Crippen molar-refractivity contribution in [1.29, 1.82) is 0 Å². The number of hydrogen-bond donors (Lipinski definition) is 1. The van der Waals surface area contributed by atoms with Crippen molar-refractivity contribution < 1.29 is 51.0 Å². The molecule has 1 N–H and O–H groups in total. The van der Waals surface area contributed by atoms with Crippen molar-refractivity contribution in [2.24, 2.45) is 11.8 Å². The number of benzene rings is 1. The minimum Gasteiger partial charge on any atom is -0.460 e. The Hall–Kier alpha value is -4.14. The quantitative estimate of drug-likeness (QED) is 0.162. The van der Waals surface area contributed by atoms with Crippen LogP contribution in [-0.2, 0) is 56.6 Å². The van der Waals surface area contributed by atoms with Gasteiger partial charge in [0.1, 0.15) is 17.5 Å². The van der Waals surface area contributed by atoms with Crippen LogP contribution in [0.2, 0.25) is 0 Å². The lowest BCUT2D eigenvalue weighted by atomic mass is 9.91. The van der Waals surface area contributed by atoms with Crippen LogP contribution in [0.4, 0.5) is 9.18 Å². The van der Waals surface area contributed by atoms with E-state index in [1.807, 2.05) is 6.92 Å². The zero-order valence-corrected chi connectivity index (χ0v) is 33.0. The highest BCUT2D eigenvalue weighted by molar-refractivity contribution is 7.90. The highest BCUT2D eigenvalue weighted by atomic mass is 32.2. The number of fused-ring (bicyclic) bond motifs is 1. The number of rotatable bonds is 17. The van der Waals surface area contributed by atoms with Gasteiger partial charge in [0.25, 0.3) is 0 Å². The summed E-state index contributed by atoms with van der Waals surface area (Å²) in [6.07, 6.45) is 1.09. The van der Waals surface area contributed by atoms with Crippen LogP contribution in [-0.4, -0.2) is 83.2 Å². The van der Waals surface area contributed by atoms with Crippen LogP contribution in [0.3, 0.4) is 0 Å². The number of ether oxygens (including phenoxy) is 2. The second kappa shape index (κ2) is 18.0. The van der Waals surface area contributed by atoms with E-state index >= 15 is 0 Å². The number of nitrogens with one attached hydrogen (secondary N) is 1. The van der Waals surface area contributed by atoms with Crippen molar-refractivity contribution in [3.63, 3.8) is 0 Å². The summed E-state index contributed by atoms with van der Waals surface area (Å²) in [6, 6.07) is 3.39. The number of esters is 1. The summed E-state index contributed by atoms with van der Waals surface area (Å²) in [5.74, 6) is -5.37. The number of ketones is 2. The molecule has 1 aliphatic carbocycles. The number of carbonyl (C=O) groups excluding carboxylic acids is 6. The molecular weight excluding hydrogens is 722 g/mol.